The molecule has 0 aliphatic heterocycles. The lowest BCUT2D eigenvalue weighted by Crippen LogP contribution is -2.09. The number of ether oxygens (including phenoxy) is 2. The smallest absolute Gasteiger partial charge is 0.343 e. The molecule has 16 heavy (non-hydrogen) atoms. The molecule has 1 aromatic heterocycles. The number of halogens is 1. The molecule has 0 fully saturated rings. The molecule has 4 nitrogen and oxygen atoms in total. The summed E-state index contributed by atoms with van der Waals surface area (Å²) in [6.45, 7) is 4.41. The van der Waals surface area contributed by atoms with Gasteiger partial charge in [-0.15, -0.1) is 0 Å². The van der Waals surface area contributed by atoms with E-state index in [1.165, 1.54) is 0 Å². The zero-order valence-corrected chi connectivity index (χ0v) is 10.9. The van der Waals surface area contributed by atoms with E-state index in [-0.39, 0.29) is 0 Å². The summed E-state index contributed by atoms with van der Waals surface area (Å²) in [6.07, 6.45) is 1.67. The highest BCUT2D eigenvalue weighted by atomic mass is 79.9. The minimum atomic E-state index is -0.402. The van der Waals surface area contributed by atoms with Crippen LogP contribution in [0.15, 0.2) is 12.3 Å². The molecule has 0 saturated carbocycles. The Balaban J connectivity index is 3.04. The summed E-state index contributed by atoms with van der Waals surface area (Å²) in [5.41, 5.74) is 1.28. The number of esters is 1. The average molecular weight is 288 g/mol. The summed E-state index contributed by atoms with van der Waals surface area (Å²) in [5, 5.41) is 0.638. The molecule has 0 N–H and O–H groups in total. The van der Waals surface area contributed by atoms with Crippen LogP contribution in [0.1, 0.15) is 29.8 Å². The quantitative estimate of drug-likeness (QED) is 0.617. The predicted molar refractivity (Wildman–Crippen MR) is 64.0 cm³/mol. The third kappa shape index (κ3) is 3.20. The Hall–Kier alpha value is -1.10. The number of nitrogens with zero attached hydrogens (tertiary/aromatic N) is 1. The van der Waals surface area contributed by atoms with E-state index in [4.69, 9.17) is 9.47 Å². The van der Waals surface area contributed by atoms with Crippen LogP contribution in [0.5, 0.6) is 5.88 Å². The summed E-state index contributed by atoms with van der Waals surface area (Å²) in [6, 6.07) is 1.73. The van der Waals surface area contributed by atoms with Crippen LogP contribution in [0.4, 0.5) is 0 Å². The largest absolute Gasteiger partial charge is 0.477 e. The fourth-order valence-electron chi connectivity index (χ4n) is 1.18. The molecule has 0 atom stereocenters. The van der Waals surface area contributed by atoms with Gasteiger partial charge in [-0.3, -0.25) is 0 Å². The molecule has 0 saturated heterocycles. The van der Waals surface area contributed by atoms with E-state index in [2.05, 4.69) is 20.9 Å². The highest BCUT2D eigenvalue weighted by Gasteiger charge is 2.15. The van der Waals surface area contributed by atoms with Gasteiger partial charge in [-0.1, -0.05) is 15.9 Å². The Labute approximate surface area is 103 Å². The lowest BCUT2D eigenvalue weighted by Gasteiger charge is -2.09. The van der Waals surface area contributed by atoms with Crippen molar-refractivity contribution in [2.24, 2.45) is 0 Å². The molecule has 1 aromatic rings. The zero-order valence-electron chi connectivity index (χ0n) is 9.33. The van der Waals surface area contributed by atoms with Crippen molar-refractivity contribution in [2.45, 2.75) is 19.2 Å². The first kappa shape index (κ1) is 13.0. The number of rotatable bonds is 5. The number of aromatic nitrogens is 1. The molecule has 0 spiro atoms. The second kappa shape index (κ2) is 6.48. The van der Waals surface area contributed by atoms with Crippen molar-refractivity contribution in [1.82, 2.24) is 4.98 Å². The molecule has 1 rings (SSSR count). The van der Waals surface area contributed by atoms with Crippen LogP contribution in [0, 0.1) is 0 Å². The third-order valence-corrected chi connectivity index (χ3v) is 2.49. The average Bonchev–Trinajstić information content (AvgIpc) is 2.30. The van der Waals surface area contributed by atoms with Gasteiger partial charge in [0.25, 0.3) is 0 Å². The third-order valence-electron chi connectivity index (χ3n) is 1.84. The van der Waals surface area contributed by atoms with Gasteiger partial charge in [0, 0.05) is 11.5 Å². The van der Waals surface area contributed by atoms with E-state index in [9.17, 15) is 4.79 Å². The molecule has 1 heterocycles. The number of alkyl halides is 1. The predicted octanol–water partition coefficient (Wildman–Crippen LogP) is 2.55. The van der Waals surface area contributed by atoms with Gasteiger partial charge >= 0.3 is 5.97 Å². The van der Waals surface area contributed by atoms with Gasteiger partial charge in [-0.2, -0.15) is 0 Å². The van der Waals surface area contributed by atoms with Crippen LogP contribution in [-0.4, -0.2) is 24.2 Å². The van der Waals surface area contributed by atoms with Gasteiger partial charge in [0.1, 0.15) is 5.56 Å². The number of hydrogen-bond acceptors (Lipinski definition) is 4. The van der Waals surface area contributed by atoms with E-state index >= 15 is 0 Å². The normalized spacial score (nSPS) is 9.94. The molecule has 5 heteroatoms. The second-order valence-electron chi connectivity index (χ2n) is 2.98. The zero-order chi connectivity index (χ0) is 12.0. The minimum absolute atomic E-state index is 0.325. The molecular formula is C11H14BrNO3. The number of carbonyl (C=O) groups excluding carboxylic acids is 1. The summed E-state index contributed by atoms with van der Waals surface area (Å²) in [7, 11) is 0. The first-order valence-corrected chi connectivity index (χ1v) is 6.19. The summed E-state index contributed by atoms with van der Waals surface area (Å²) in [5.74, 6) is -0.0769. The molecular weight excluding hydrogens is 274 g/mol. The SMILES string of the molecule is CCOC(=O)c1cc(CBr)cnc1OCC. The Morgan fingerprint density at radius 1 is 1.44 bits per heavy atom. The Morgan fingerprint density at radius 2 is 2.19 bits per heavy atom. The standard InChI is InChI=1S/C11H14BrNO3/c1-3-15-10-9(11(14)16-4-2)5-8(6-12)7-13-10/h5,7H,3-4,6H2,1-2H3. The van der Waals surface area contributed by atoms with Crippen molar-refractivity contribution in [3.8, 4) is 5.88 Å². The van der Waals surface area contributed by atoms with Gasteiger partial charge in [-0.25, -0.2) is 9.78 Å². The van der Waals surface area contributed by atoms with Crippen molar-refractivity contribution in [3.05, 3.63) is 23.4 Å². The van der Waals surface area contributed by atoms with Gasteiger partial charge < -0.3 is 9.47 Å². The fourth-order valence-corrected chi connectivity index (χ4v) is 1.48. The number of carbonyl (C=O) groups is 1. The molecule has 0 bridgehead atoms. The summed E-state index contributed by atoms with van der Waals surface area (Å²) < 4.78 is 10.2. The Kier molecular flexibility index (Phi) is 5.25. The van der Waals surface area contributed by atoms with Crippen LogP contribution >= 0.6 is 15.9 Å². The second-order valence-corrected chi connectivity index (χ2v) is 3.54. The van der Waals surface area contributed by atoms with Gasteiger partial charge in [-0.05, 0) is 25.5 Å². The van der Waals surface area contributed by atoms with Crippen molar-refractivity contribution < 1.29 is 14.3 Å². The molecule has 0 amide bonds. The van der Waals surface area contributed by atoms with Crippen molar-refractivity contribution in [3.63, 3.8) is 0 Å². The first-order valence-electron chi connectivity index (χ1n) is 5.07. The maximum Gasteiger partial charge on any atom is 0.343 e. The van der Waals surface area contributed by atoms with Crippen LogP contribution in [0.2, 0.25) is 0 Å². The fraction of sp³-hybridized carbons (Fsp3) is 0.455. The Bertz CT molecular complexity index is 368. The van der Waals surface area contributed by atoms with E-state index in [1.807, 2.05) is 6.92 Å². The van der Waals surface area contributed by atoms with Crippen LogP contribution in [0.3, 0.4) is 0 Å². The van der Waals surface area contributed by atoms with Crippen molar-refractivity contribution in [2.75, 3.05) is 13.2 Å². The highest BCUT2D eigenvalue weighted by molar-refractivity contribution is 9.08. The van der Waals surface area contributed by atoms with Crippen LogP contribution in [-0.2, 0) is 10.1 Å². The summed E-state index contributed by atoms with van der Waals surface area (Å²) in [4.78, 5) is 15.7. The van der Waals surface area contributed by atoms with Crippen LogP contribution < -0.4 is 4.74 Å². The Morgan fingerprint density at radius 3 is 2.75 bits per heavy atom. The molecule has 0 radical (unpaired) electrons. The molecule has 0 unspecified atom stereocenters. The van der Waals surface area contributed by atoms with E-state index < -0.39 is 5.97 Å². The van der Waals surface area contributed by atoms with Gasteiger partial charge in [0.05, 0.1) is 13.2 Å². The van der Waals surface area contributed by atoms with Gasteiger partial charge in [0.2, 0.25) is 5.88 Å². The van der Waals surface area contributed by atoms with E-state index in [0.29, 0.717) is 30.0 Å². The van der Waals surface area contributed by atoms with E-state index in [1.54, 1.807) is 19.2 Å². The van der Waals surface area contributed by atoms with Gasteiger partial charge in [0.15, 0.2) is 0 Å². The van der Waals surface area contributed by atoms with Crippen LogP contribution in [0.25, 0.3) is 0 Å². The van der Waals surface area contributed by atoms with Crippen molar-refractivity contribution in [1.29, 1.82) is 0 Å². The molecule has 0 aliphatic carbocycles. The molecule has 0 aromatic carbocycles. The maximum atomic E-state index is 11.7. The lowest BCUT2D eigenvalue weighted by atomic mass is 10.2. The maximum absolute atomic E-state index is 11.7. The lowest BCUT2D eigenvalue weighted by molar-refractivity contribution is 0.0521. The monoisotopic (exact) mass is 287 g/mol. The minimum Gasteiger partial charge on any atom is -0.477 e. The number of pyridine rings is 1. The molecule has 0 aliphatic rings. The van der Waals surface area contributed by atoms with Crippen molar-refractivity contribution >= 4 is 21.9 Å². The van der Waals surface area contributed by atoms with E-state index in [0.717, 1.165) is 5.56 Å². The first-order chi connectivity index (χ1) is 7.72. The highest BCUT2D eigenvalue weighted by Crippen LogP contribution is 2.19. The number of hydrogen-bond donors (Lipinski definition) is 0. The summed E-state index contributed by atoms with van der Waals surface area (Å²) >= 11 is 3.31. The topological polar surface area (TPSA) is 48.4 Å². The molecule has 88 valence electrons.